The van der Waals surface area contributed by atoms with Crippen LogP contribution in [0.3, 0.4) is 0 Å². The van der Waals surface area contributed by atoms with E-state index in [1.165, 1.54) is 0 Å². The minimum absolute atomic E-state index is 0.459. The van der Waals surface area contributed by atoms with Crippen molar-refractivity contribution in [3.8, 4) is 0 Å². The Labute approximate surface area is 88.6 Å². The fourth-order valence-corrected chi connectivity index (χ4v) is 2.15. The number of β-lactam (4-membered cyclic amide) rings is 1. The van der Waals surface area contributed by atoms with Gasteiger partial charge in [0.15, 0.2) is 0 Å². The minimum Gasteiger partial charge on any atom is -0.480 e. The highest BCUT2D eigenvalue weighted by molar-refractivity contribution is 6.51. The molecule has 0 aromatic rings. The normalized spacial score (nSPS) is 36.9. The van der Waals surface area contributed by atoms with Gasteiger partial charge < -0.3 is 20.8 Å². The monoisotopic (exact) mass is 228 g/mol. The second-order valence-electron chi connectivity index (χ2n) is 4.02. The van der Waals surface area contributed by atoms with Gasteiger partial charge in [-0.25, -0.2) is 4.79 Å². The lowest BCUT2D eigenvalue weighted by Gasteiger charge is -2.40. The Morgan fingerprint density at radius 3 is 2.19 bits per heavy atom. The van der Waals surface area contributed by atoms with Gasteiger partial charge in [0.1, 0.15) is 5.54 Å². The molecule has 86 valence electrons. The van der Waals surface area contributed by atoms with Gasteiger partial charge in [0.25, 0.3) is 11.7 Å². The van der Waals surface area contributed by atoms with E-state index >= 15 is 0 Å². The molecule has 8 nitrogen and oxygen atoms in total. The number of carbonyl (C=O) groups excluding carboxylic acids is 2. The van der Waals surface area contributed by atoms with Gasteiger partial charge in [-0.1, -0.05) is 0 Å². The van der Waals surface area contributed by atoms with Crippen molar-refractivity contribution in [2.75, 3.05) is 6.54 Å². The highest BCUT2D eigenvalue weighted by Crippen LogP contribution is 2.42. The molecule has 4 N–H and O–H groups in total. The Hall–Kier alpha value is -1.96. The lowest BCUT2D eigenvalue weighted by molar-refractivity contribution is -0.177. The molecule has 2 heterocycles. The SMILES string of the molecule is N[C@@]1(C(=O)O)CN2C(=O)C(=O)[C@]2(C(=O)O)C1. The van der Waals surface area contributed by atoms with Crippen LogP contribution in [0.15, 0.2) is 0 Å². The standard InChI is InChI=1S/C8H8N2O6/c9-7(5(13)14)1-8(6(15)16)3(11)4(12)10(8)2-7/h1-2,9H2,(H,13,14)(H,15,16)/t7-,8+/m1/s1. The molecule has 0 aromatic carbocycles. The number of aliphatic carboxylic acids is 2. The van der Waals surface area contributed by atoms with Crippen LogP contribution in [0, 0.1) is 0 Å². The van der Waals surface area contributed by atoms with Gasteiger partial charge in [0.2, 0.25) is 5.54 Å². The van der Waals surface area contributed by atoms with Crippen LogP contribution in [0.25, 0.3) is 0 Å². The van der Waals surface area contributed by atoms with E-state index in [1.54, 1.807) is 0 Å². The average Bonchev–Trinajstić information content (AvgIpc) is 2.50. The van der Waals surface area contributed by atoms with Crippen LogP contribution in [0.1, 0.15) is 6.42 Å². The van der Waals surface area contributed by atoms with Gasteiger partial charge in [-0.15, -0.1) is 0 Å². The zero-order valence-corrected chi connectivity index (χ0v) is 7.97. The molecule has 0 bridgehead atoms. The zero-order chi connectivity index (χ0) is 12.3. The zero-order valence-electron chi connectivity index (χ0n) is 7.97. The molecule has 8 heteroatoms. The summed E-state index contributed by atoms with van der Waals surface area (Å²) in [4.78, 5) is 45.0. The number of nitrogens with zero attached hydrogens (tertiary/aromatic N) is 1. The molecule has 2 rings (SSSR count). The molecule has 0 unspecified atom stereocenters. The van der Waals surface area contributed by atoms with E-state index in [0.717, 1.165) is 0 Å². The van der Waals surface area contributed by atoms with E-state index < -0.39 is 47.7 Å². The van der Waals surface area contributed by atoms with Gasteiger partial charge in [0, 0.05) is 6.42 Å². The Morgan fingerprint density at radius 2 is 1.81 bits per heavy atom. The molecule has 0 radical (unpaired) electrons. The number of carbonyl (C=O) groups is 4. The van der Waals surface area contributed by atoms with Gasteiger partial charge in [-0.05, 0) is 0 Å². The second kappa shape index (κ2) is 2.59. The Kier molecular flexibility index (Phi) is 1.71. The number of hydrogen-bond acceptors (Lipinski definition) is 5. The molecular formula is C8H8N2O6. The number of Topliss-reactive ketones (excluding diaryl/α,β-unsaturated/α-hetero) is 1. The van der Waals surface area contributed by atoms with Crippen LogP contribution < -0.4 is 5.73 Å². The predicted octanol–water partition coefficient (Wildman–Crippen LogP) is -2.59. The third-order valence-electron chi connectivity index (χ3n) is 3.07. The van der Waals surface area contributed by atoms with E-state index in [2.05, 4.69) is 0 Å². The summed E-state index contributed by atoms with van der Waals surface area (Å²) in [7, 11) is 0. The van der Waals surface area contributed by atoms with Crippen molar-refractivity contribution >= 4 is 23.6 Å². The van der Waals surface area contributed by atoms with Crippen LogP contribution in [-0.4, -0.2) is 56.4 Å². The average molecular weight is 228 g/mol. The van der Waals surface area contributed by atoms with Crippen molar-refractivity contribution in [3.05, 3.63) is 0 Å². The fraction of sp³-hybridized carbons (Fsp3) is 0.500. The fourth-order valence-electron chi connectivity index (χ4n) is 2.15. The van der Waals surface area contributed by atoms with E-state index in [-0.39, 0.29) is 0 Å². The molecule has 2 aliphatic heterocycles. The summed E-state index contributed by atoms with van der Waals surface area (Å²) < 4.78 is 0. The summed E-state index contributed by atoms with van der Waals surface area (Å²) in [5.74, 6) is -5.06. The summed E-state index contributed by atoms with van der Waals surface area (Å²) in [6, 6.07) is 0. The van der Waals surface area contributed by atoms with Gasteiger partial charge in [-0.3, -0.25) is 14.4 Å². The quantitative estimate of drug-likeness (QED) is 0.267. The smallest absolute Gasteiger partial charge is 0.338 e. The van der Waals surface area contributed by atoms with E-state index in [9.17, 15) is 19.2 Å². The highest BCUT2D eigenvalue weighted by Gasteiger charge is 2.74. The largest absolute Gasteiger partial charge is 0.480 e. The molecule has 0 spiro atoms. The van der Waals surface area contributed by atoms with Crippen molar-refractivity contribution in [2.45, 2.75) is 17.5 Å². The lowest BCUT2D eigenvalue weighted by atomic mass is 9.80. The van der Waals surface area contributed by atoms with Crippen molar-refractivity contribution < 1.29 is 29.4 Å². The molecule has 2 saturated heterocycles. The summed E-state index contributed by atoms with van der Waals surface area (Å²) in [5.41, 5.74) is 1.52. The summed E-state index contributed by atoms with van der Waals surface area (Å²) in [5, 5.41) is 17.8. The van der Waals surface area contributed by atoms with Gasteiger partial charge in [0.05, 0.1) is 6.54 Å². The molecule has 0 saturated carbocycles. The number of nitrogens with two attached hydrogens (primary N) is 1. The number of fused-ring (bicyclic) bond motifs is 1. The molecule has 1 amide bonds. The molecule has 2 aliphatic rings. The first kappa shape index (κ1) is 10.6. The van der Waals surface area contributed by atoms with Crippen LogP contribution in [0.5, 0.6) is 0 Å². The maximum atomic E-state index is 11.3. The third kappa shape index (κ3) is 0.871. The van der Waals surface area contributed by atoms with E-state index in [1.807, 2.05) is 0 Å². The van der Waals surface area contributed by atoms with Crippen LogP contribution >= 0.6 is 0 Å². The lowest BCUT2D eigenvalue weighted by Crippen LogP contribution is -2.72. The van der Waals surface area contributed by atoms with Crippen LogP contribution in [-0.2, 0) is 19.2 Å². The van der Waals surface area contributed by atoms with Crippen LogP contribution in [0.2, 0.25) is 0 Å². The molecule has 2 atom stereocenters. The van der Waals surface area contributed by atoms with Gasteiger partial charge >= 0.3 is 11.9 Å². The van der Waals surface area contributed by atoms with Crippen molar-refractivity contribution in [1.82, 2.24) is 4.90 Å². The minimum atomic E-state index is -2.07. The number of carboxylic acid groups (broad SMARTS) is 2. The van der Waals surface area contributed by atoms with Crippen LogP contribution in [0.4, 0.5) is 0 Å². The predicted molar refractivity (Wildman–Crippen MR) is 46.3 cm³/mol. The summed E-state index contributed by atoms with van der Waals surface area (Å²) in [6.45, 7) is -0.459. The summed E-state index contributed by atoms with van der Waals surface area (Å²) in [6.07, 6.45) is -0.588. The number of ketones is 1. The summed E-state index contributed by atoms with van der Waals surface area (Å²) >= 11 is 0. The van der Waals surface area contributed by atoms with E-state index in [4.69, 9.17) is 15.9 Å². The second-order valence-corrected chi connectivity index (χ2v) is 4.02. The van der Waals surface area contributed by atoms with Gasteiger partial charge in [-0.2, -0.15) is 0 Å². The third-order valence-corrected chi connectivity index (χ3v) is 3.07. The Bertz CT molecular complexity index is 446. The molecule has 2 fully saturated rings. The molecular weight excluding hydrogens is 220 g/mol. The highest BCUT2D eigenvalue weighted by atomic mass is 16.4. The van der Waals surface area contributed by atoms with Crippen molar-refractivity contribution in [3.63, 3.8) is 0 Å². The topological polar surface area (TPSA) is 138 Å². The number of rotatable bonds is 2. The maximum Gasteiger partial charge on any atom is 0.338 e. The maximum absolute atomic E-state index is 11.3. The number of hydrogen-bond donors (Lipinski definition) is 3. The van der Waals surface area contributed by atoms with Crippen molar-refractivity contribution in [2.24, 2.45) is 5.73 Å². The molecule has 0 aliphatic carbocycles. The number of amides is 1. The Morgan fingerprint density at radius 1 is 1.25 bits per heavy atom. The molecule has 0 aromatic heterocycles. The first-order chi connectivity index (χ1) is 7.25. The first-order valence-corrected chi connectivity index (χ1v) is 4.38. The Balaban J connectivity index is 2.45. The first-order valence-electron chi connectivity index (χ1n) is 4.38. The molecule has 16 heavy (non-hydrogen) atoms. The number of carboxylic acids is 2. The van der Waals surface area contributed by atoms with E-state index in [0.29, 0.717) is 4.90 Å². The van der Waals surface area contributed by atoms with Crippen molar-refractivity contribution in [1.29, 1.82) is 0 Å².